The summed E-state index contributed by atoms with van der Waals surface area (Å²) in [5.41, 5.74) is 2.14. The van der Waals surface area contributed by atoms with Gasteiger partial charge in [0, 0.05) is 13.1 Å². The van der Waals surface area contributed by atoms with Crippen LogP contribution in [-0.2, 0) is 6.54 Å². The highest BCUT2D eigenvalue weighted by molar-refractivity contribution is 5.70. The number of rotatable bonds is 5. The van der Waals surface area contributed by atoms with E-state index in [4.69, 9.17) is 8.94 Å². The Labute approximate surface area is 145 Å². The van der Waals surface area contributed by atoms with Crippen molar-refractivity contribution in [1.82, 2.24) is 10.1 Å². The molecule has 1 fully saturated rings. The SMILES string of the molecule is OC1CCN(c2ccccc2NCc2nc(-c3ccco3)no2)CC1. The van der Waals surface area contributed by atoms with Gasteiger partial charge in [0.25, 0.3) is 0 Å². The van der Waals surface area contributed by atoms with Crippen LogP contribution in [0, 0.1) is 0 Å². The summed E-state index contributed by atoms with van der Waals surface area (Å²) in [5.74, 6) is 1.53. The zero-order valence-electron chi connectivity index (χ0n) is 13.8. The number of benzene rings is 1. The number of furan rings is 1. The Morgan fingerprint density at radius 3 is 2.80 bits per heavy atom. The van der Waals surface area contributed by atoms with Crippen LogP contribution >= 0.6 is 0 Å². The van der Waals surface area contributed by atoms with Gasteiger partial charge in [-0.25, -0.2) is 0 Å². The van der Waals surface area contributed by atoms with E-state index in [0.717, 1.165) is 37.3 Å². The molecule has 0 unspecified atom stereocenters. The summed E-state index contributed by atoms with van der Waals surface area (Å²) in [5, 5.41) is 17.0. The molecule has 1 aliphatic heterocycles. The molecule has 130 valence electrons. The number of nitrogens with one attached hydrogen (secondary N) is 1. The van der Waals surface area contributed by atoms with Gasteiger partial charge in [0.05, 0.1) is 30.3 Å². The number of aliphatic hydroxyl groups is 1. The summed E-state index contributed by atoms with van der Waals surface area (Å²) < 4.78 is 10.5. The quantitative estimate of drug-likeness (QED) is 0.738. The summed E-state index contributed by atoms with van der Waals surface area (Å²) in [4.78, 5) is 6.63. The third kappa shape index (κ3) is 3.51. The van der Waals surface area contributed by atoms with Gasteiger partial charge >= 0.3 is 0 Å². The molecule has 0 radical (unpaired) electrons. The molecule has 2 aromatic heterocycles. The van der Waals surface area contributed by atoms with Crippen LogP contribution in [0.25, 0.3) is 11.6 Å². The Bertz CT molecular complexity index is 807. The van der Waals surface area contributed by atoms with Crippen LogP contribution < -0.4 is 10.2 Å². The maximum absolute atomic E-state index is 9.70. The third-order valence-corrected chi connectivity index (χ3v) is 4.35. The molecule has 3 aromatic rings. The Hall–Kier alpha value is -2.80. The van der Waals surface area contributed by atoms with E-state index in [1.165, 1.54) is 0 Å². The van der Waals surface area contributed by atoms with Gasteiger partial charge in [0.2, 0.25) is 11.7 Å². The molecule has 0 aliphatic carbocycles. The number of piperidine rings is 1. The summed E-state index contributed by atoms with van der Waals surface area (Å²) in [6, 6.07) is 11.7. The topological polar surface area (TPSA) is 87.6 Å². The van der Waals surface area contributed by atoms with Gasteiger partial charge in [-0.05, 0) is 37.1 Å². The zero-order chi connectivity index (χ0) is 17.1. The molecule has 1 aromatic carbocycles. The van der Waals surface area contributed by atoms with E-state index in [1.807, 2.05) is 18.2 Å². The Kier molecular flexibility index (Phi) is 4.39. The Morgan fingerprint density at radius 2 is 2.00 bits per heavy atom. The second-order valence-electron chi connectivity index (χ2n) is 6.08. The molecule has 4 rings (SSSR count). The molecule has 1 saturated heterocycles. The third-order valence-electron chi connectivity index (χ3n) is 4.35. The first-order valence-corrected chi connectivity index (χ1v) is 8.42. The number of aliphatic hydroxyl groups excluding tert-OH is 1. The predicted molar refractivity (Wildman–Crippen MR) is 93.2 cm³/mol. The number of nitrogens with zero attached hydrogens (tertiary/aromatic N) is 3. The molecule has 0 atom stereocenters. The largest absolute Gasteiger partial charge is 0.461 e. The molecule has 2 N–H and O–H groups in total. The van der Waals surface area contributed by atoms with E-state index in [9.17, 15) is 5.11 Å². The smallest absolute Gasteiger partial charge is 0.246 e. The normalized spacial score (nSPS) is 15.5. The highest BCUT2D eigenvalue weighted by atomic mass is 16.5. The van der Waals surface area contributed by atoms with Crippen LogP contribution in [0.15, 0.2) is 51.6 Å². The lowest BCUT2D eigenvalue weighted by atomic mass is 10.1. The van der Waals surface area contributed by atoms with Crippen LogP contribution in [0.4, 0.5) is 11.4 Å². The maximum atomic E-state index is 9.70. The summed E-state index contributed by atoms with van der Waals surface area (Å²) >= 11 is 0. The average Bonchev–Trinajstić information content (AvgIpc) is 3.32. The van der Waals surface area contributed by atoms with Crippen LogP contribution in [0.3, 0.4) is 0 Å². The maximum Gasteiger partial charge on any atom is 0.246 e. The molecule has 25 heavy (non-hydrogen) atoms. The van der Waals surface area contributed by atoms with Crippen LogP contribution in [0.5, 0.6) is 0 Å². The van der Waals surface area contributed by atoms with Crippen molar-refractivity contribution in [3.63, 3.8) is 0 Å². The fourth-order valence-corrected chi connectivity index (χ4v) is 3.01. The average molecular weight is 340 g/mol. The summed E-state index contributed by atoms with van der Waals surface area (Å²) in [7, 11) is 0. The fraction of sp³-hybridized carbons (Fsp3) is 0.333. The van der Waals surface area contributed by atoms with E-state index in [-0.39, 0.29) is 6.10 Å². The van der Waals surface area contributed by atoms with Crippen molar-refractivity contribution < 1.29 is 14.0 Å². The molecule has 0 spiro atoms. The van der Waals surface area contributed by atoms with Crippen LogP contribution in [0.2, 0.25) is 0 Å². The van der Waals surface area contributed by atoms with Gasteiger partial charge in [-0.2, -0.15) is 4.98 Å². The molecule has 0 bridgehead atoms. The van der Waals surface area contributed by atoms with Gasteiger partial charge in [-0.1, -0.05) is 17.3 Å². The highest BCUT2D eigenvalue weighted by Gasteiger charge is 2.19. The number of aromatic nitrogens is 2. The minimum atomic E-state index is -0.185. The molecule has 7 nitrogen and oxygen atoms in total. The van der Waals surface area contributed by atoms with Crippen molar-refractivity contribution in [2.45, 2.75) is 25.5 Å². The lowest BCUT2D eigenvalue weighted by molar-refractivity contribution is 0.145. The minimum Gasteiger partial charge on any atom is -0.461 e. The molecule has 1 aliphatic rings. The summed E-state index contributed by atoms with van der Waals surface area (Å²) in [6.45, 7) is 2.13. The van der Waals surface area contributed by atoms with Gasteiger partial charge in [0.15, 0.2) is 5.76 Å². The lowest BCUT2D eigenvalue weighted by Gasteiger charge is -2.32. The molecule has 0 amide bonds. The second-order valence-corrected chi connectivity index (χ2v) is 6.08. The zero-order valence-corrected chi connectivity index (χ0v) is 13.8. The van der Waals surface area contributed by atoms with E-state index in [1.54, 1.807) is 18.4 Å². The van der Waals surface area contributed by atoms with Crippen molar-refractivity contribution in [2.75, 3.05) is 23.3 Å². The van der Waals surface area contributed by atoms with E-state index in [2.05, 4.69) is 26.4 Å². The van der Waals surface area contributed by atoms with E-state index < -0.39 is 0 Å². The molecular weight excluding hydrogens is 320 g/mol. The van der Waals surface area contributed by atoms with Crippen molar-refractivity contribution in [2.24, 2.45) is 0 Å². The van der Waals surface area contributed by atoms with Gasteiger partial charge < -0.3 is 24.3 Å². The van der Waals surface area contributed by atoms with Crippen molar-refractivity contribution in [1.29, 1.82) is 0 Å². The molecular formula is C18H20N4O3. The van der Waals surface area contributed by atoms with Crippen molar-refractivity contribution >= 4 is 11.4 Å². The van der Waals surface area contributed by atoms with Crippen LogP contribution in [0.1, 0.15) is 18.7 Å². The number of hydrogen-bond donors (Lipinski definition) is 2. The van der Waals surface area contributed by atoms with Gasteiger partial charge in [-0.15, -0.1) is 0 Å². The second kappa shape index (κ2) is 6.98. The predicted octanol–water partition coefficient (Wildman–Crippen LogP) is 2.90. The van der Waals surface area contributed by atoms with Crippen LogP contribution in [-0.4, -0.2) is 34.4 Å². The standard InChI is InChI=1S/C18H20N4O3/c23-13-7-9-22(10-8-13)15-5-2-1-4-14(15)19-12-17-20-18(21-25-17)16-6-3-11-24-16/h1-6,11,13,19,23H,7-10,12H2. The molecule has 3 heterocycles. The first-order valence-electron chi connectivity index (χ1n) is 8.42. The minimum absolute atomic E-state index is 0.185. The first-order chi connectivity index (χ1) is 12.3. The lowest BCUT2D eigenvalue weighted by Crippen LogP contribution is -2.36. The fourth-order valence-electron chi connectivity index (χ4n) is 3.01. The summed E-state index contributed by atoms with van der Waals surface area (Å²) in [6.07, 6.45) is 2.99. The first kappa shape index (κ1) is 15.7. The van der Waals surface area contributed by atoms with Crippen molar-refractivity contribution in [3.05, 3.63) is 48.6 Å². The number of para-hydroxylation sites is 2. The number of hydrogen-bond acceptors (Lipinski definition) is 7. The molecule has 7 heteroatoms. The highest BCUT2D eigenvalue weighted by Crippen LogP contribution is 2.28. The van der Waals surface area contributed by atoms with Gasteiger partial charge in [0.1, 0.15) is 0 Å². The van der Waals surface area contributed by atoms with E-state index >= 15 is 0 Å². The van der Waals surface area contributed by atoms with Gasteiger partial charge in [-0.3, -0.25) is 0 Å². The number of anilines is 2. The van der Waals surface area contributed by atoms with Crippen molar-refractivity contribution in [3.8, 4) is 11.6 Å². The monoisotopic (exact) mass is 340 g/mol. The Morgan fingerprint density at radius 1 is 1.16 bits per heavy atom. The van der Waals surface area contributed by atoms with E-state index in [0.29, 0.717) is 24.0 Å². The molecule has 0 saturated carbocycles. The Balaban J connectivity index is 1.45.